The van der Waals surface area contributed by atoms with Crippen molar-refractivity contribution in [2.75, 3.05) is 15.1 Å². The molecule has 0 aromatic heterocycles. The van der Waals surface area contributed by atoms with Gasteiger partial charge in [-0.2, -0.15) is 0 Å². The summed E-state index contributed by atoms with van der Waals surface area (Å²) in [6.45, 7) is 2.16. The first-order valence-electron chi connectivity index (χ1n) is 23.3. The van der Waals surface area contributed by atoms with Crippen LogP contribution in [0.15, 0.2) is 273 Å². The Labute approximate surface area is 398 Å². The molecule has 0 heterocycles. The number of nitrogens with one attached hydrogen (secondary N) is 1. The van der Waals surface area contributed by atoms with Crippen LogP contribution in [-0.2, 0) is 0 Å². The third kappa shape index (κ3) is 8.41. The molecule has 12 aromatic carbocycles. The van der Waals surface area contributed by atoms with Crippen LogP contribution in [0.4, 0.5) is 45.5 Å². The maximum absolute atomic E-state index is 3.71. The lowest BCUT2D eigenvalue weighted by Gasteiger charge is -2.31. The molecule has 324 valence electrons. The minimum atomic E-state index is 1.03. The molecule has 3 heteroatoms. The van der Waals surface area contributed by atoms with E-state index >= 15 is 0 Å². The molecule has 0 aliphatic heterocycles. The van der Waals surface area contributed by atoms with E-state index in [1.165, 1.54) is 49.0 Å². The summed E-state index contributed by atoms with van der Waals surface area (Å²) in [5.41, 5.74) is 12.3. The Kier molecular flexibility index (Phi) is 11.6. The molecule has 68 heavy (non-hydrogen) atoms. The van der Waals surface area contributed by atoms with Gasteiger partial charge in [-0.15, -0.1) is 0 Å². The van der Waals surface area contributed by atoms with Crippen LogP contribution in [0, 0.1) is 6.92 Å². The molecule has 1 N–H and O–H groups in total. The number of rotatable bonds is 9. The summed E-state index contributed by atoms with van der Waals surface area (Å²) in [4.78, 5) is 4.83. The quantitative estimate of drug-likeness (QED) is 0.146. The van der Waals surface area contributed by atoms with E-state index < -0.39 is 0 Å². The Hall–Kier alpha value is -8.92. The summed E-state index contributed by atoms with van der Waals surface area (Å²) >= 11 is 0. The normalized spacial score (nSPS) is 11.0. The van der Waals surface area contributed by atoms with Crippen molar-refractivity contribution in [1.29, 1.82) is 0 Å². The first-order chi connectivity index (χ1) is 33.7. The summed E-state index contributed by atoms with van der Waals surface area (Å²) < 4.78 is 0. The number of hydrogen-bond donors (Lipinski definition) is 1. The van der Waals surface area contributed by atoms with Crippen LogP contribution in [-0.4, -0.2) is 0 Å². The molecule has 0 saturated carbocycles. The van der Waals surface area contributed by atoms with E-state index in [4.69, 9.17) is 0 Å². The van der Waals surface area contributed by atoms with E-state index in [0.29, 0.717) is 0 Å². The number of para-hydroxylation sites is 4. The number of fused-ring (bicyclic) bond motifs is 4. The fraction of sp³-hybridized carbons (Fsp3) is 0.0154. The number of nitrogens with zero attached hydrogens (tertiary/aromatic N) is 2. The van der Waals surface area contributed by atoms with Crippen molar-refractivity contribution in [2.45, 2.75) is 6.92 Å². The van der Waals surface area contributed by atoms with E-state index in [-0.39, 0.29) is 0 Å². The highest BCUT2D eigenvalue weighted by Crippen LogP contribution is 2.50. The van der Waals surface area contributed by atoms with Crippen LogP contribution in [0.2, 0.25) is 0 Å². The zero-order valence-corrected chi connectivity index (χ0v) is 37.9. The standard InChI is InChI=1S/C55H41N3.C10H8/c1-39-29-31-41(32-30-39)54-49-35-33-43(56-42-19-6-2-7-20-42)37-52(49)55(58(45-23-10-4-11-24-45)46-25-12-5-13-26-46)50-36-34-47(38-51(50)54)57(44-21-8-3-9-22-44)53-28-16-18-40-17-14-15-27-48(40)53;1-2-6-10-8-4-3-7-9(10)5-1/h2-38,56H,1H3;1-8H. The zero-order chi connectivity index (χ0) is 45.7. The van der Waals surface area contributed by atoms with Gasteiger partial charge in [0, 0.05) is 50.3 Å². The lowest BCUT2D eigenvalue weighted by atomic mass is 9.88. The molecule has 0 radical (unpaired) electrons. The van der Waals surface area contributed by atoms with E-state index in [2.05, 4.69) is 295 Å². The molecule has 0 fully saturated rings. The summed E-state index contributed by atoms with van der Waals surface area (Å²) in [5.74, 6) is 0. The minimum absolute atomic E-state index is 1.03. The number of benzene rings is 12. The SMILES string of the molecule is Cc1ccc(-c2c3cc(N(c4ccccc4)c4cccc5ccccc45)ccc3c(N(c3ccccc3)c3ccccc3)c3cc(Nc4ccccc4)ccc23)cc1.c1ccc2ccccc2c1. The van der Waals surface area contributed by atoms with Gasteiger partial charge in [0.15, 0.2) is 0 Å². The van der Waals surface area contributed by atoms with Gasteiger partial charge in [0.05, 0.1) is 11.4 Å². The van der Waals surface area contributed by atoms with Crippen LogP contribution in [0.25, 0.3) is 54.2 Å². The van der Waals surface area contributed by atoms with Crippen LogP contribution < -0.4 is 15.1 Å². The number of anilines is 8. The molecule has 0 bridgehead atoms. The molecule has 0 spiro atoms. The molecule has 12 aromatic rings. The van der Waals surface area contributed by atoms with E-state index in [1.807, 2.05) is 0 Å². The molecule has 0 amide bonds. The molecule has 12 rings (SSSR count). The van der Waals surface area contributed by atoms with Crippen LogP contribution in [0.3, 0.4) is 0 Å². The summed E-state index contributed by atoms with van der Waals surface area (Å²) in [5, 5.41) is 13.4. The topological polar surface area (TPSA) is 18.5 Å². The highest BCUT2D eigenvalue weighted by atomic mass is 15.2. The average molecular weight is 872 g/mol. The Morgan fingerprint density at radius 1 is 0.294 bits per heavy atom. The monoisotopic (exact) mass is 871 g/mol. The van der Waals surface area contributed by atoms with Gasteiger partial charge in [0.1, 0.15) is 0 Å². The van der Waals surface area contributed by atoms with Crippen molar-refractivity contribution >= 4 is 88.6 Å². The van der Waals surface area contributed by atoms with Crippen molar-refractivity contribution in [3.63, 3.8) is 0 Å². The van der Waals surface area contributed by atoms with E-state index in [9.17, 15) is 0 Å². The van der Waals surface area contributed by atoms with Gasteiger partial charge in [-0.1, -0.05) is 200 Å². The third-order valence-electron chi connectivity index (χ3n) is 12.7. The van der Waals surface area contributed by atoms with Gasteiger partial charge >= 0.3 is 0 Å². The van der Waals surface area contributed by atoms with Gasteiger partial charge < -0.3 is 15.1 Å². The van der Waals surface area contributed by atoms with Gasteiger partial charge in [-0.05, 0) is 124 Å². The molecule has 0 aliphatic rings. The van der Waals surface area contributed by atoms with Crippen LogP contribution in [0.5, 0.6) is 0 Å². The fourth-order valence-corrected chi connectivity index (χ4v) is 9.47. The van der Waals surface area contributed by atoms with Crippen molar-refractivity contribution in [3.8, 4) is 11.1 Å². The van der Waals surface area contributed by atoms with Crippen molar-refractivity contribution in [1.82, 2.24) is 0 Å². The van der Waals surface area contributed by atoms with E-state index in [1.54, 1.807) is 0 Å². The zero-order valence-electron chi connectivity index (χ0n) is 37.9. The lowest BCUT2D eigenvalue weighted by molar-refractivity contribution is 1.30. The highest BCUT2D eigenvalue weighted by Gasteiger charge is 2.24. The predicted octanol–water partition coefficient (Wildman–Crippen LogP) is 18.6. The second-order valence-corrected chi connectivity index (χ2v) is 17.1. The molecular weight excluding hydrogens is 823 g/mol. The molecule has 3 nitrogen and oxygen atoms in total. The Morgan fingerprint density at radius 3 is 1.40 bits per heavy atom. The Bertz CT molecular complexity index is 3540. The van der Waals surface area contributed by atoms with Crippen molar-refractivity contribution in [2.24, 2.45) is 0 Å². The second kappa shape index (κ2) is 18.9. The predicted molar refractivity (Wildman–Crippen MR) is 292 cm³/mol. The van der Waals surface area contributed by atoms with Crippen LogP contribution >= 0.6 is 0 Å². The molecule has 0 saturated heterocycles. The van der Waals surface area contributed by atoms with E-state index in [0.717, 1.165) is 56.3 Å². The molecule has 0 unspecified atom stereocenters. The number of hydrogen-bond acceptors (Lipinski definition) is 3. The lowest BCUT2D eigenvalue weighted by Crippen LogP contribution is -2.12. The Morgan fingerprint density at radius 2 is 0.794 bits per heavy atom. The van der Waals surface area contributed by atoms with Gasteiger partial charge in [-0.3, -0.25) is 0 Å². The molecule has 0 atom stereocenters. The van der Waals surface area contributed by atoms with Crippen molar-refractivity contribution in [3.05, 3.63) is 279 Å². The van der Waals surface area contributed by atoms with Gasteiger partial charge in [0.2, 0.25) is 0 Å². The average Bonchev–Trinajstić information content (AvgIpc) is 3.40. The summed E-state index contributed by atoms with van der Waals surface area (Å²) in [6, 6.07) is 97.5. The van der Waals surface area contributed by atoms with Crippen molar-refractivity contribution < 1.29 is 0 Å². The largest absolute Gasteiger partial charge is 0.356 e. The summed E-state index contributed by atoms with van der Waals surface area (Å²) in [6.07, 6.45) is 0. The van der Waals surface area contributed by atoms with Gasteiger partial charge in [0.25, 0.3) is 0 Å². The third-order valence-corrected chi connectivity index (χ3v) is 12.7. The second-order valence-electron chi connectivity index (χ2n) is 17.1. The highest BCUT2D eigenvalue weighted by molar-refractivity contribution is 6.23. The minimum Gasteiger partial charge on any atom is -0.356 e. The molecular formula is C65H49N3. The van der Waals surface area contributed by atoms with Gasteiger partial charge in [-0.25, -0.2) is 0 Å². The maximum Gasteiger partial charge on any atom is 0.0619 e. The molecule has 0 aliphatic carbocycles. The smallest absolute Gasteiger partial charge is 0.0619 e. The maximum atomic E-state index is 3.71. The number of aryl methyl sites for hydroxylation is 1. The van der Waals surface area contributed by atoms with Crippen LogP contribution in [0.1, 0.15) is 5.56 Å². The summed E-state index contributed by atoms with van der Waals surface area (Å²) in [7, 11) is 0. The Balaban J connectivity index is 0.000000448. The first kappa shape index (κ1) is 41.8. The fourth-order valence-electron chi connectivity index (χ4n) is 9.47. The first-order valence-corrected chi connectivity index (χ1v) is 23.3.